The van der Waals surface area contributed by atoms with Gasteiger partial charge in [0.05, 0.1) is 12.8 Å². The van der Waals surface area contributed by atoms with Crippen LogP contribution in [0.1, 0.15) is 24.5 Å². The lowest BCUT2D eigenvalue weighted by molar-refractivity contribution is -0.133. The molecule has 0 bridgehead atoms. The average molecular weight is 317 g/mol. The second-order valence-corrected chi connectivity index (χ2v) is 6.18. The molecule has 2 heterocycles. The minimum absolute atomic E-state index is 0.0476. The molecule has 1 aromatic heterocycles. The van der Waals surface area contributed by atoms with Crippen LogP contribution < -0.4 is 5.32 Å². The summed E-state index contributed by atoms with van der Waals surface area (Å²) in [4.78, 5) is 31.1. The molecule has 1 saturated heterocycles. The van der Waals surface area contributed by atoms with Crippen LogP contribution in [-0.2, 0) is 9.59 Å². The van der Waals surface area contributed by atoms with E-state index in [1.54, 1.807) is 18.5 Å². The summed E-state index contributed by atoms with van der Waals surface area (Å²) in [6.45, 7) is 5.60. The first-order chi connectivity index (χ1) is 11.2. The zero-order chi connectivity index (χ0) is 16.1. The Labute approximate surface area is 135 Å². The predicted molar refractivity (Wildman–Crippen MR) is 86.9 cm³/mol. The molecule has 6 nitrogen and oxygen atoms in total. The molecule has 2 aliphatic rings. The van der Waals surface area contributed by atoms with E-state index in [0.29, 0.717) is 19.4 Å². The zero-order valence-electron chi connectivity index (χ0n) is 13.2. The van der Waals surface area contributed by atoms with E-state index in [1.165, 1.54) is 0 Å². The Morgan fingerprint density at radius 3 is 2.65 bits per heavy atom. The summed E-state index contributed by atoms with van der Waals surface area (Å²) in [7, 11) is 0. The van der Waals surface area contributed by atoms with E-state index in [9.17, 15) is 9.59 Å². The molecule has 0 aromatic carbocycles. The third-order valence-corrected chi connectivity index (χ3v) is 4.54. The normalized spacial score (nSPS) is 27.0. The third kappa shape index (κ3) is 4.14. The molecule has 0 spiro atoms. The molecule has 3 rings (SSSR count). The Balaban J connectivity index is 1.49. The second-order valence-electron chi connectivity index (χ2n) is 6.18. The lowest BCUT2D eigenvalue weighted by atomic mass is 9.79. The van der Waals surface area contributed by atoms with E-state index in [1.807, 2.05) is 6.07 Å². The van der Waals surface area contributed by atoms with Crippen molar-refractivity contribution in [2.75, 3.05) is 39.3 Å². The van der Waals surface area contributed by atoms with Gasteiger partial charge in [-0.05, 0) is 12.1 Å². The van der Waals surface area contributed by atoms with Crippen molar-refractivity contribution in [3.8, 4) is 0 Å². The molecule has 0 amide bonds. The van der Waals surface area contributed by atoms with Gasteiger partial charge >= 0.3 is 0 Å². The van der Waals surface area contributed by atoms with E-state index in [2.05, 4.69) is 15.2 Å². The van der Waals surface area contributed by atoms with Gasteiger partial charge in [-0.1, -0.05) is 0 Å². The Morgan fingerprint density at radius 1 is 1.26 bits per heavy atom. The SMILES string of the molecule is O=C1CC(c2ccco2)CC(=O)C1C=NCCN1CCNCC1. The van der Waals surface area contributed by atoms with Crippen LogP contribution in [0.3, 0.4) is 0 Å². The van der Waals surface area contributed by atoms with Crippen molar-refractivity contribution in [3.63, 3.8) is 0 Å². The van der Waals surface area contributed by atoms with Crippen LogP contribution in [0, 0.1) is 5.92 Å². The summed E-state index contributed by atoms with van der Waals surface area (Å²) in [5.41, 5.74) is 0. The highest BCUT2D eigenvalue weighted by atomic mass is 16.3. The fourth-order valence-electron chi connectivity index (χ4n) is 3.20. The maximum absolute atomic E-state index is 12.2. The quantitative estimate of drug-likeness (QED) is 0.645. The number of aliphatic imine (C=N–C) groups is 1. The monoisotopic (exact) mass is 317 g/mol. The van der Waals surface area contributed by atoms with Crippen molar-refractivity contribution < 1.29 is 14.0 Å². The Bertz CT molecular complexity index is 544. The van der Waals surface area contributed by atoms with Crippen LogP contribution in [0.2, 0.25) is 0 Å². The molecule has 23 heavy (non-hydrogen) atoms. The molecule has 1 aliphatic heterocycles. The number of hydrogen-bond acceptors (Lipinski definition) is 6. The van der Waals surface area contributed by atoms with Gasteiger partial charge in [0, 0.05) is 57.7 Å². The van der Waals surface area contributed by atoms with Crippen molar-refractivity contribution in [2.45, 2.75) is 18.8 Å². The lowest BCUT2D eigenvalue weighted by Crippen LogP contribution is -2.44. The number of hydrogen-bond donors (Lipinski definition) is 1. The van der Waals surface area contributed by atoms with Gasteiger partial charge in [0.15, 0.2) is 0 Å². The molecule has 0 radical (unpaired) electrons. The predicted octanol–water partition coefficient (Wildman–Crippen LogP) is 0.887. The molecule has 1 N–H and O–H groups in total. The maximum atomic E-state index is 12.2. The Hall–Kier alpha value is -1.79. The second kappa shape index (κ2) is 7.66. The molecule has 2 fully saturated rings. The topological polar surface area (TPSA) is 74.9 Å². The van der Waals surface area contributed by atoms with Crippen molar-refractivity contribution >= 4 is 17.8 Å². The van der Waals surface area contributed by atoms with E-state index in [0.717, 1.165) is 38.5 Å². The van der Waals surface area contributed by atoms with E-state index >= 15 is 0 Å². The van der Waals surface area contributed by atoms with Crippen molar-refractivity contribution in [1.82, 2.24) is 10.2 Å². The largest absolute Gasteiger partial charge is 0.469 e. The number of Topliss-reactive ketones (excluding diaryl/α,β-unsaturated/α-hetero) is 2. The van der Waals surface area contributed by atoms with Gasteiger partial charge in [-0.25, -0.2) is 0 Å². The van der Waals surface area contributed by atoms with Crippen LogP contribution in [0.15, 0.2) is 27.8 Å². The Morgan fingerprint density at radius 2 is 2.00 bits per heavy atom. The number of carbonyl (C=O) groups excluding carboxylic acids is 2. The standard InChI is InChI=1S/C17H23N3O3/c21-15-10-13(17-2-1-9-23-17)11-16(22)14(15)12-19-5-8-20-6-3-18-4-7-20/h1-2,9,12-14,18H,3-8,10-11H2. The average Bonchev–Trinajstić information content (AvgIpc) is 3.09. The van der Waals surface area contributed by atoms with Gasteiger partial charge in [0.2, 0.25) is 0 Å². The van der Waals surface area contributed by atoms with Gasteiger partial charge in [-0.2, -0.15) is 0 Å². The van der Waals surface area contributed by atoms with E-state index in [-0.39, 0.29) is 17.5 Å². The summed E-state index contributed by atoms with van der Waals surface area (Å²) in [6, 6.07) is 3.61. The smallest absolute Gasteiger partial charge is 0.149 e. The van der Waals surface area contributed by atoms with Gasteiger partial charge in [0.25, 0.3) is 0 Å². The van der Waals surface area contributed by atoms with Crippen LogP contribution in [0.5, 0.6) is 0 Å². The molecule has 1 aliphatic carbocycles. The molecule has 0 unspecified atom stereocenters. The summed E-state index contributed by atoms with van der Waals surface area (Å²) in [6.07, 6.45) is 3.85. The molecule has 1 aromatic rings. The highest BCUT2D eigenvalue weighted by molar-refractivity contribution is 6.16. The number of ketones is 2. The van der Waals surface area contributed by atoms with Gasteiger partial charge in [-0.15, -0.1) is 0 Å². The molecule has 6 heteroatoms. The van der Waals surface area contributed by atoms with Gasteiger partial charge < -0.3 is 9.73 Å². The summed E-state index contributed by atoms with van der Waals surface area (Å²) in [5.74, 6) is -0.150. The number of nitrogens with zero attached hydrogens (tertiary/aromatic N) is 2. The summed E-state index contributed by atoms with van der Waals surface area (Å²) >= 11 is 0. The van der Waals surface area contributed by atoms with Crippen molar-refractivity contribution in [2.24, 2.45) is 10.9 Å². The van der Waals surface area contributed by atoms with E-state index in [4.69, 9.17) is 4.42 Å². The van der Waals surface area contributed by atoms with Crippen LogP contribution >= 0.6 is 0 Å². The van der Waals surface area contributed by atoms with E-state index < -0.39 is 5.92 Å². The zero-order valence-corrected chi connectivity index (χ0v) is 13.2. The number of carbonyl (C=O) groups is 2. The summed E-state index contributed by atoms with van der Waals surface area (Å²) in [5, 5.41) is 3.31. The fourth-order valence-corrected chi connectivity index (χ4v) is 3.20. The molecule has 0 atom stereocenters. The first-order valence-electron chi connectivity index (χ1n) is 8.26. The van der Waals surface area contributed by atoms with Gasteiger partial charge in [0.1, 0.15) is 23.2 Å². The molecular weight excluding hydrogens is 294 g/mol. The van der Waals surface area contributed by atoms with Gasteiger partial charge in [-0.3, -0.25) is 19.5 Å². The maximum Gasteiger partial charge on any atom is 0.149 e. The Kier molecular flexibility index (Phi) is 5.35. The van der Waals surface area contributed by atoms with Crippen molar-refractivity contribution in [3.05, 3.63) is 24.2 Å². The number of furan rings is 1. The van der Waals surface area contributed by atoms with Crippen molar-refractivity contribution in [1.29, 1.82) is 0 Å². The summed E-state index contributed by atoms with van der Waals surface area (Å²) < 4.78 is 5.32. The number of piperazine rings is 1. The first kappa shape index (κ1) is 16.1. The molecule has 1 saturated carbocycles. The third-order valence-electron chi connectivity index (χ3n) is 4.54. The fraction of sp³-hybridized carbons (Fsp3) is 0.588. The van der Waals surface area contributed by atoms with Crippen LogP contribution in [-0.4, -0.2) is 61.9 Å². The van der Waals surface area contributed by atoms with Crippen LogP contribution in [0.25, 0.3) is 0 Å². The highest BCUT2D eigenvalue weighted by Gasteiger charge is 2.36. The number of nitrogens with one attached hydrogen (secondary N) is 1. The molecular formula is C17H23N3O3. The molecule has 124 valence electrons. The van der Waals surface area contributed by atoms with Crippen LogP contribution in [0.4, 0.5) is 0 Å². The first-order valence-corrected chi connectivity index (χ1v) is 8.26. The number of rotatable bonds is 5. The highest BCUT2D eigenvalue weighted by Crippen LogP contribution is 2.31. The minimum atomic E-state index is -0.663. The lowest BCUT2D eigenvalue weighted by Gasteiger charge is -2.26. The minimum Gasteiger partial charge on any atom is -0.469 e.